The highest BCUT2D eigenvalue weighted by Gasteiger charge is 2.13. The minimum Gasteiger partial charge on any atom is -0.397 e. The Bertz CT molecular complexity index is 366. The Balaban J connectivity index is 2.52. The van der Waals surface area contributed by atoms with E-state index < -0.39 is 0 Å². The number of amides is 1. The Hall–Kier alpha value is -1.27. The number of nitrogens with two attached hydrogens (primary N) is 1. The summed E-state index contributed by atoms with van der Waals surface area (Å²) in [5.41, 5.74) is 6.30. The van der Waals surface area contributed by atoms with Crippen molar-refractivity contribution < 1.29 is 9.53 Å². The predicted octanol–water partition coefficient (Wildman–Crippen LogP) is 1.53. The molecule has 1 heterocycles. The molecule has 1 aromatic heterocycles. The minimum absolute atomic E-state index is 0.118. The lowest BCUT2D eigenvalue weighted by atomic mass is 10.3. The van der Waals surface area contributed by atoms with Crippen LogP contribution < -0.4 is 16.4 Å². The van der Waals surface area contributed by atoms with Gasteiger partial charge in [-0.25, -0.2) is 0 Å². The number of anilines is 2. The lowest BCUT2D eigenvalue weighted by molar-refractivity contribution is 0.0960. The number of thiophene rings is 1. The van der Waals surface area contributed by atoms with Gasteiger partial charge in [0.05, 0.1) is 17.3 Å². The maximum absolute atomic E-state index is 11.6. The van der Waals surface area contributed by atoms with Crippen LogP contribution >= 0.6 is 11.3 Å². The zero-order valence-corrected chi connectivity index (χ0v) is 11.0. The van der Waals surface area contributed by atoms with Gasteiger partial charge in [-0.2, -0.15) is 0 Å². The van der Waals surface area contributed by atoms with Crippen molar-refractivity contribution in [3.8, 4) is 0 Å². The molecule has 0 saturated heterocycles. The first-order chi connectivity index (χ1) is 8.19. The van der Waals surface area contributed by atoms with Crippen LogP contribution in [0.3, 0.4) is 0 Å². The van der Waals surface area contributed by atoms with E-state index in [0.29, 0.717) is 36.9 Å². The Morgan fingerprint density at radius 2 is 2.29 bits per heavy atom. The SMILES string of the molecule is CCNC(=O)c1sc(NCCOCC)cc1N. The van der Waals surface area contributed by atoms with Crippen LogP contribution in [0.2, 0.25) is 0 Å². The largest absolute Gasteiger partial charge is 0.397 e. The summed E-state index contributed by atoms with van der Waals surface area (Å²) in [6.45, 7) is 6.49. The van der Waals surface area contributed by atoms with E-state index in [1.807, 2.05) is 13.8 Å². The summed E-state index contributed by atoms with van der Waals surface area (Å²) in [6, 6.07) is 1.78. The number of carbonyl (C=O) groups is 1. The van der Waals surface area contributed by atoms with Gasteiger partial charge in [-0.3, -0.25) is 4.79 Å². The van der Waals surface area contributed by atoms with E-state index >= 15 is 0 Å². The van der Waals surface area contributed by atoms with Gasteiger partial charge in [-0.05, 0) is 19.9 Å². The van der Waals surface area contributed by atoms with E-state index in [0.717, 1.165) is 5.00 Å². The van der Waals surface area contributed by atoms with Crippen LogP contribution in [0, 0.1) is 0 Å². The van der Waals surface area contributed by atoms with Gasteiger partial charge < -0.3 is 21.1 Å². The number of carbonyl (C=O) groups excluding carboxylic acids is 1. The highest BCUT2D eigenvalue weighted by molar-refractivity contribution is 7.18. The first-order valence-corrected chi connectivity index (χ1v) is 6.49. The van der Waals surface area contributed by atoms with Crippen molar-refractivity contribution in [2.24, 2.45) is 0 Å². The highest BCUT2D eigenvalue weighted by atomic mass is 32.1. The van der Waals surface area contributed by atoms with Crippen molar-refractivity contribution in [1.29, 1.82) is 0 Å². The van der Waals surface area contributed by atoms with Crippen LogP contribution in [0.1, 0.15) is 23.5 Å². The Morgan fingerprint density at radius 1 is 1.53 bits per heavy atom. The van der Waals surface area contributed by atoms with Gasteiger partial charge in [-0.15, -0.1) is 11.3 Å². The zero-order valence-electron chi connectivity index (χ0n) is 10.2. The molecule has 0 bridgehead atoms. The van der Waals surface area contributed by atoms with Crippen molar-refractivity contribution in [3.63, 3.8) is 0 Å². The van der Waals surface area contributed by atoms with Crippen molar-refractivity contribution in [2.45, 2.75) is 13.8 Å². The summed E-state index contributed by atoms with van der Waals surface area (Å²) in [5.74, 6) is -0.118. The average Bonchev–Trinajstić information content (AvgIpc) is 2.66. The van der Waals surface area contributed by atoms with Crippen molar-refractivity contribution in [1.82, 2.24) is 5.32 Å². The molecule has 6 heteroatoms. The third-order valence-corrected chi connectivity index (χ3v) is 3.16. The fraction of sp³-hybridized carbons (Fsp3) is 0.545. The average molecular weight is 257 g/mol. The molecular formula is C11H19N3O2S. The summed E-state index contributed by atoms with van der Waals surface area (Å²) in [5, 5.41) is 6.79. The second kappa shape index (κ2) is 7.13. The first kappa shape index (κ1) is 13.8. The molecule has 0 unspecified atom stereocenters. The standard InChI is InChI=1S/C11H19N3O2S/c1-3-13-11(15)10-8(12)7-9(17-10)14-5-6-16-4-2/h7,14H,3-6,12H2,1-2H3,(H,13,15). The molecule has 96 valence electrons. The van der Waals surface area contributed by atoms with E-state index in [2.05, 4.69) is 10.6 Å². The van der Waals surface area contributed by atoms with Gasteiger partial charge in [0.25, 0.3) is 5.91 Å². The highest BCUT2D eigenvalue weighted by Crippen LogP contribution is 2.28. The van der Waals surface area contributed by atoms with Crippen LogP contribution in [-0.4, -0.2) is 32.2 Å². The first-order valence-electron chi connectivity index (χ1n) is 5.68. The third-order valence-electron chi connectivity index (χ3n) is 2.05. The lowest BCUT2D eigenvalue weighted by Crippen LogP contribution is -2.22. The van der Waals surface area contributed by atoms with Crippen LogP contribution in [0.4, 0.5) is 10.7 Å². The van der Waals surface area contributed by atoms with Crippen LogP contribution in [0.25, 0.3) is 0 Å². The molecule has 0 spiro atoms. The quantitative estimate of drug-likeness (QED) is 0.647. The summed E-state index contributed by atoms with van der Waals surface area (Å²) >= 11 is 1.36. The van der Waals surface area contributed by atoms with Crippen LogP contribution in [0.15, 0.2) is 6.07 Å². The molecule has 0 aromatic carbocycles. The second-order valence-electron chi connectivity index (χ2n) is 3.38. The monoisotopic (exact) mass is 257 g/mol. The maximum atomic E-state index is 11.6. The molecule has 0 radical (unpaired) electrons. The normalized spacial score (nSPS) is 10.2. The minimum atomic E-state index is -0.118. The van der Waals surface area contributed by atoms with Crippen molar-refractivity contribution in [3.05, 3.63) is 10.9 Å². The molecule has 0 fully saturated rings. The molecule has 0 aliphatic rings. The van der Waals surface area contributed by atoms with Gasteiger partial charge in [0, 0.05) is 19.7 Å². The molecule has 0 aliphatic heterocycles. The number of nitrogen functional groups attached to an aromatic ring is 1. The third kappa shape index (κ3) is 4.24. The van der Waals surface area contributed by atoms with Crippen LogP contribution in [0.5, 0.6) is 0 Å². The van der Waals surface area contributed by atoms with Crippen LogP contribution in [-0.2, 0) is 4.74 Å². The Labute approximate surface area is 105 Å². The second-order valence-corrected chi connectivity index (χ2v) is 4.43. The maximum Gasteiger partial charge on any atom is 0.263 e. The summed E-state index contributed by atoms with van der Waals surface area (Å²) in [7, 11) is 0. The zero-order chi connectivity index (χ0) is 12.7. The number of rotatable bonds is 7. The lowest BCUT2D eigenvalue weighted by Gasteiger charge is -2.02. The molecule has 1 amide bonds. The van der Waals surface area contributed by atoms with Crippen molar-refractivity contribution in [2.75, 3.05) is 37.4 Å². The summed E-state index contributed by atoms with van der Waals surface area (Å²) < 4.78 is 5.21. The molecule has 0 saturated carbocycles. The van der Waals surface area contributed by atoms with Gasteiger partial charge >= 0.3 is 0 Å². The fourth-order valence-electron chi connectivity index (χ4n) is 1.30. The summed E-state index contributed by atoms with van der Waals surface area (Å²) in [4.78, 5) is 12.2. The molecule has 5 nitrogen and oxygen atoms in total. The molecule has 0 aliphatic carbocycles. The Kier molecular flexibility index (Phi) is 5.79. The van der Waals surface area contributed by atoms with E-state index in [1.54, 1.807) is 6.07 Å². The topological polar surface area (TPSA) is 76.4 Å². The van der Waals surface area contributed by atoms with Gasteiger partial charge in [0.2, 0.25) is 0 Å². The molecule has 0 atom stereocenters. The number of hydrogen-bond donors (Lipinski definition) is 3. The fourth-order valence-corrected chi connectivity index (χ4v) is 2.22. The molecule has 1 rings (SSSR count). The molecule has 1 aromatic rings. The number of hydrogen-bond acceptors (Lipinski definition) is 5. The molecule has 17 heavy (non-hydrogen) atoms. The van der Waals surface area contributed by atoms with Gasteiger partial charge in [0.1, 0.15) is 4.88 Å². The predicted molar refractivity (Wildman–Crippen MR) is 71.7 cm³/mol. The van der Waals surface area contributed by atoms with Gasteiger partial charge in [-0.1, -0.05) is 0 Å². The summed E-state index contributed by atoms with van der Waals surface area (Å²) in [6.07, 6.45) is 0. The van der Waals surface area contributed by atoms with E-state index in [9.17, 15) is 4.79 Å². The van der Waals surface area contributed by atoms with Gasteiger partial charge in [0.15, 0.2) is 0 Å². The number of nitrogens with one attached hydrogen (secondary N) is 2. The number of ether oxygens (including phenoxy) is 1. The smallest absolute Gasteiger partial charge is 0.263 e. The van der Waals surface area contributed by atoms with Crippen molar-refractivity contribution >= 4 is 27.9 Å². The van der Waals surface area contributed by atoms with E-state index in [1.165, 1.54) is 11.3 Å². The molecular weight excluding hydrogens is 238 g/mol. The van der Waals surface area contributed by atoms with E-state index in [4.69, 9.17) is 10.5 Å². The Morgan fingerprint density at radius 3 is 2.94 bits per heavy atom. The molecule has 4 N–H and O–H groups in total. The van der Waals surface area contributed by atoms with E-state index in [-0.39, 0.29) is 5.91 Å².